The van der Waals surface area contributed by atoms with Crippen LogP contribution >= 0.6 is 0 Å². The summed E-state index contributed by atoms with van der Waals surface area (Å²) in [7, 11) is 0. The molecular formula is C15H38N2O3. The SMILES string of the molecule is CCC(C)NCCOCCOCCOCCNC(C)C.[HH].[HH]. The van der Waals surface area contributed by atoms with Crippen molar-refractivity contribution in [2.75, 3.05) is 52.7 Å². The fourth-order valence-electron chi connectivity index (χ4n) is 1.48. The Morgan fingerprint density at radius 2 is 1.20 bits per heavy atom. The number of nitrogens with one attached hydrogen (secondary N) is 2. The molecule has 0 radical (unpaired) electrons. The number of ether oxygens (including phenoxy) is 3. The molecule has 0 spiro atoms. The fraction of sp³-hybridized carbons (Fsp3) is 1.00. The second-order valence-electron chi connectivity index (χ2n) is 5.21. The van der Waals surface area contributed by atoms with E-state index in [4.69, 9.17) is 14.2 Å². The molecule has 0 heterocycles. The van der Waals surface area contributed by atoms with Gasteiger partial charge in [-0.15, -0.1) is 0 Å². The van der Waals surface area contributed by atoms with Crippen LogP contribution in [-0.2, 0) is 14.2 Å². The molecule has 0 aromatic rings. The van der Waals surface area contributed by atoms with Crippen LogP contribution < -0.4 is 10.6 Å². The standard InChI is InChI=1S/C15H34N2O3.2H2/c1-5-15(4)17-7-9-19-11-13-20-12-10-18-8-6-16-14(2)3;;/h14-17H,5-13H2,1-4H3;2*1H. The molecule has 2 N–H and O–H groups in total. The van der Waals surface area contributed by atoms with Crippen molar-refractivity contribution in [3.63, 3.8) is 0 Å². The van der Waals surface area contributed by atoms with Gasteiger partial charge in [-0.05, 0) is 13.3 Å². The van der Waals surface area contributed by atoms with Crippen LogP contribution in [0.4, 0.5) is 0 Å². The van der Waals surface area contributed by atoms with E-state index < -0.39 is 0 Å². The summed E-state index contributed by atoms with van der Waals surface area (Å²) in [4.78, 5) is 0. The number of hydrogen-bond acceptors (Lipinski definition) is 5. The highest BCUT2D eigenvalue weighted by atomic mass is 16.5. The molecule has 1 atom stereocenters. The minimum Gasteiger partial charge on any atom is -0.378 e. The van der Waals surface area contributed by atoms with Crippen molar-refractivity contribution in [3.8, 4) is 0 Å². The second kappa shape index (κ2) is 15.2. The molecule has 1 unspecified atom stereocenters. The maximum atomic E-state index is 5.46. The molecule has 0 aliphatic rings. The van der Waals surface area contributed by atoms with Crippen LogP contribution in [0.3, 0.4) is 0 Å². The first-order valence-corrected chi connectivity index (χ1v) is 7.86. The van der Waals surface area contributed by atoms with E-state index in [-0.39, 0.29) is 2.85 Å². The molecule has 0 saturated carbocycles. The fourth-order valence-corrected chi connectivity index (χ4v) is 1.48. The van der Waals surface area contributed by atoms with Crippen LogP contribution in [0.2, 0.25) is 0 Å². The van der Waals surface area contributed by atoms with Crippen LogP contribution in [0.1, 0.15) is 37.0 Å². The Balaban J connectivity index is -0.00000180. The summed E-state index contributed by atoms with van der Waals surface area (Å²) >= 11 is 0. The first kappa shape index (κ1) is 19.8. The van der Waals surface area contributed by atoms with E-state index in [1.807, 2.05) is 0 Å². The van der Waals surface area contributed by atoms with Crippen LogP contribution in [0.15, 0.2) is 0 Å². The smallest absolute Gasteiger partial charge is 0.0701 e. The average Bonchev–Trinajstić information content (AvgIpc) is 2.43. The largest absolute Gasteiger partial charge is 0.378 e. The summed E-state index contributed by atoms with van der Waals surface area (Å²) in [6, 6.07) is 1.08. The molecule has 0 aromatic heterocycles. The van der Waals surface area contributed by atoms with Crippen molar-refractivity contribution in [1.29, 1.82) is 0 Å². The van der Waals surface area contributed by atoms with Gasteiger partial charge in [0.15, 0.2) is 0 Å². The van der Waals surface area contributed by atoms with Crippen LogP contribution in [-0.4, -0.2) is 64.8 Å². The zero-order chi connectivity index (χ0) is 15.1. The molecule has 0 aliphatic carbocycles. The Morgan fingerprint density at radius 1 is 0.750 bits per heavy atom. The van der Waals surface area contributed by atoms with Crippen molar-refractivity contribution in [2.24, 2.45) is 0 Å². The topological polar surface area (TPSA) is 51.8 Å². The highest BCUT2D eigenvalue weighted by Crippen LogP contribution is 1.86. The predicted molar refractivity (Wildman–Crippen MR) is 87.6 cm³/mol. The third-order valence-corrected chi connectivity index (χ3v) is 2.89. The van der Waals surface area contributed by atoms with Gasteiger partial charge in [-0.3, -0.25) is 0 Å². The van der Waals surface area contributed by atoms with E-state index >= 15 is 0 Å². The minimum atomic E-state index is 0. The summed E-state index contributed by atoms with van der Waals surface area (Å²) in [5, 5.41) is 6.68. The lowest BCUT2D eigenvalue weighted by molar-refractivity contribution is 0.0153. The summed E-state index contributed by atoms with van der Waals surface area (Å²) in [5.41, 5.74) is 0. The Bertz CT molecular complexity index is 202. The molecule has 5 heteroatoms. The molecule has 0 rings (SSSR count). The third kappa shape index (κ3) is 15.9. The maximum absolute atomic E-state index is 5.46. The van der Waals surface area contributed by atoms with Gasteiger partial charge in [-0.25, -0.2) is 0 Å². The van der Waals surface area contributed by atoms with Crippen LogP contribution in [0, 0.1) is 0 Å². The molecule has 0 amide bonds. The quantitative estimate of drug-likeness (QED) is 0.452. The maximum Gasteiger partial charge on any atom is 0.0701 e. The average molecular weight is 294 g/mol. The predicted octanol–water partition coefficient (Wildman–Crippen LogP) is 1.91. The lowest BCUT2D eigenvalue weighted by Gasteiger charge is -2.11. The van der Waals surface area contributed by atoms with E-state index in [0.717, 1.165) is 32.7 Å². The van der Waals surface area contributed by atoms with Crippen molar-refractivity contribution in [2.45, 2.75) is 46.2 Å². The summed E-state index contributed by atoms with van der Waals surface area (Å²) in [5.74, 6) is 0. The van der Waals surface area contributed by atoms with Crippen LogP contribution in [0.25, 0.3) is 0 Å². The number of rotatable bonds is 15. The zero-order valence-electron chi connectivity index (χ0n) is 13.7. The van der Waals surface area contributed by atoms with Gasteiger partial charge in [0.25, 0.3) is 0 Å². The Morgan fingerprint density at radius 3 is 1.65 bits per heavy atom. The zero-order valence-corrected chi connectivity index (χ0v) is 13.7. The normalized spacial score (nSPS) is 13.1. The van der Waals surface area contributed by atoms with Gasteiger partial charge < -0.3 is 24.8 Å². The van der Waals surface area contributed by atoms with E-state index in [0.29, 0.717) is 38.5 Å². The van der Waals surface area contributed by atoms with Crippen molar-refractivity contribution < 1.29 is 17.1 Å². The van der Waals surface area contributed by atoms with Crippen LogP contribution in [0.5, 0.6) is 0 Å². The van der Waals surface area contributed by atoms with Crippen molar-refractivity contribution in [1.82, 2.24) is 10.6 Å². The molecule has 20 heavy (non-hydrogen) atoms. The molecule has 0 fully saturated rings. The molecule has 0 bridgehead atoms. The first-order valence-electron chi connectivity index (χ1n) is 7.86. The van der Waals surface area contributed by atoms with Gasteiger partial charge in [-0.2, -0.15) is 0 Å². The van der Waals surface area contributed by atoms with Crippen molar-refractivity contribution in [3.05, 3.63) is 0 Å². The summed E-state index contributed by atoms with van der Waals surface area (Å²) in [6.07, 6.45) is 1.15. The van der Waals surface area contributed by atoms with E-state index in [1.165, 1.54) is 0 Å². The lowest BCUT2D eigenvalue weighted by Crippen LogP contribution is -2.29. The van der Waals surface area contributed by atoms with Gasteiger partial charge in [0.2, 0.25) is 0 Å². The van der Waals surface area contributed by atoms with E-state index in [1.54, 1.807) is 0 Å². The highest BCUT2D eigenvalue weighted by molar-refractivity contribution is 4.56. The van der Waals surface area contributed by atoms with Gasteiger partial charge in [0.05, 0.1) is 39.6 Å². The second-order valence-corrected chi connectivity index (χ2v) is 5.21. The summed E-state index contributed by atoms with van der Waals surface area (Å²) < 4.78 is 16.3. The monoisotopic (exact) mass is 294 g/mol. The van der Waals surface area contributed by atoms with Gasteiger partial charge in [0.1, 0.15) is 0 Å². The molecule has 0 aliphatic heterocycles. The molecule has 0 saturated heterocycles. The minimum absolute atomic E-state index is 0. The lowest BCUT2D eigenvalue weighted by atomic mass is 10.3. The number of hydrogen-bond donors (Lipinski definition) is 2. The van der Waals surface area contributed by atoms with Gasteiger partial charge in [0, 0.05) is 28.0 Å². The highest BCUT2D eigenvalue weighted by Gasteiger charge is 1.96. The summed E-state index contributed by atoms with van der Waals surface area (Å²) in [6.45, 7) is 14.4. The first-order chi connectivity index (χ1) is 9.66. The van der Waals surface area contributed by atoms with Crippen molar-refractivity contribution >= 4 is 0 Å². The molecular weight excluding hydrogens is 256 g/mol. The van der Waals surface area contributed by atoms with Gasteiger partial charge >= 0.3 is 0 Å². The molecule has 0 aromatic carbocycles. The molecule has 5 nitrogen and oxygen atoms in total. The Kier molecular flexibility index (Phi) is 15.0. The Hall–Kier alpha value is -0.200. The Labute approximate surface area is 127 Å². The molecule has 126 valence electrons. The van der Waals surface area contributed by atoms with E-state index in [9.17, 15) is 0 Å². The third-order valence-electron chi connectivity index (χ3n) is 2.89. The van der Waals surface area contributed by atoms with Gasteiger partial charge in [-0.1, -0.05) is 20.8 Å². The van der Waals surface area contributed by atoms with E-state index in [2.05, 4.69) is 38.3 Å².